The number of nitrogens with two attached hydrogens (primary N) is 2. The molecule has 132 valence electrons. The van der Waals surface area contributed by atoms with E-state index in [1.165, 1.54) is 22.7 Å². The molecular formula is C19H11ClN4OS2. The van der Waals surface area contributed by atoms with Crippen LogP contribution in [0.25, 0.3) is 21.3 Å². The number of ketones is 1. The number of hydrogen-bond donors (Lipinski definition) is 2. The minimum Gasteiger partial charge on any atom is -0.397 e. The van der Waals surface area contributed by atoms with Crippen LogP contribution in [0.4, 0.5) is 11.5 Å². The van der Waals surface area contributed by atoms with Crippen molar-refractivity contribution in [1.29, 1.82) is 5.26 Å². The minimum atomic E-state index is -0.222. The highest BCUT2D eigenvalue weighted by Crippen LogP contribution is 2.43. The van der Waals surface area contributed by atoms with Gasteiger partial charge in [0.15, 0.2) is 0 Å². The molecule has 4 aromatic rings. The van der Waals surface area contributed by atoms with E-state index in [1.807, 2.05) is 16.8 Å². The van der Waals surface area contributed by atoms with E-state index >= 15 is 0 Å². The fraction of sp³-hybridized carbons (Fsp3) is 0. The highest BCUT2D eigenvalue weighted by Gasteiger charge is 2.24. The molecule has 4 N–H and O–H groups in total. The van der Waals surface area contributed by atoms with E-state index in [0.29, 0.717) is 36.9 Å². The van der Waals surface area contributed by atoms with Gasteiger partial charge in [0.25, 0.3) is 0 Å². The summed E-state index contributed by atoms with van der Waals surface area (Å²) in [6, 6.07) is 10.6. The molecule has 0 amide bonds. The summed E-state index contributed by atoms with van der Waals surface area (Å²) in [7, 11) is 0. The number of rotatable bonds is 3. The molecule has 0 spiro atoms. The monoisotopic (exact) mass is 410 g/mol. The van der Waals surface area contributed by atoms with Gasteiger partial charge in [0.05, 0.1) is 5.69 Å². The molecule has 0 radical (unpaired) electrons. The van der Waals surface area contributed by atoms with Crippen LogP contribution in [0, 0.1) is 11.3 Å². The molecule has 0 saturated heterocycles. The van der Waals surface area contributed by atoms with Gasteiger partial charge in [-0.15, -0.1) is 11.3 Å². The van der Waals surface area contributed by atoms with Gasteiger partial charge < -0.3 is 11.5 Å². The summed E-state index contributed by atoms with van der Waals surface area (Å²) in [6.07, 6.45) is 0. The maximum atomic E-state index is 13.0. The zero-order valence-electron chi connectivity index (χ0n) is 13.7. The molecule has 0 aliphatic rings. The lowest BCUT2D eigenvalue weighted by molar-refractivity contribution is 0.104. The quantitative estimate of drug-likeness (QED) is 0.465. The normalized spacial score (nSPS) is 10.8. The number of carbonyl (C=O) groups excluding carboxylic acids is 1. The Labute approximate surface area is 167 Å². The van der Waals surface area contributed by atoms with Gasteiger partial charge in [0.1, 0.15) is 27.2 Å². The fourth-order valence-corrected chi connectivity index (χ4v) is 4.73. The van der Waals surface area contributed by atoms with Crippen molar-refractivity contribution < 1.29 is 4.79 Å². The van der Waals surface area contributed by atoms with Crippen LogP contribution in [0.2, 0.25) is 5.02 Å². The highest BCUT2D eigenvalue weighted by atomic mass is 35.5. The van der Waals surface area contributed by atoms with Crippen LogP contribution in [-0.4, -0.2) is 10.8 Å². The van der Waals surface area contributed by atoms with E-state index in [4.69, 9.17) is 23.1 Å². The average molecular weight is 411 g/mol. The molecule has 27 heavy (non-hydrogen) atoms. The van der Waals surface area contributed by atoms with Gasteiger partial charge in [0.2, 0.25) is 5.78 Å². The van der Waals surface area contributed by atoms with E-state index in [0.717, 1.165) is 5.56 Å². The average Bonchev–Trinajstić information content (AvgIpc) is 3.29. The highest BCUT2D eigenvalue weighted by molar-refractivity contribution is 7.21. The van der Waals surface area contributed by atoms with Gasteiger partial charge in [0, 0.05) is 21.5 Å². The second-order valence-corrected chi connectivity index (χ2v) is 7.95. The Bertz CT molecular complexity index is 1220. The number of fused-ring (bicyclic) bond motifs is 1. The molecule has 3 heterocycles. The SMILES string of the molecule is N#Cc1c(N)nc2sc(C(=O)c3ccc(Cl)cc3)c(N)c2c1-c1ccsc1. The molecule has 8 heteroatoms. The molecule has 0 unspecified atom stereocenters. The number of nitrogens with zero attached hydrogens (tertiary/aromatic N) is 2. The minimum absolute atomic E-state index is 0.123. The first-order valence-corrected chi connectivity index (χ1v) is 9.89. The summed E-state index contributed by atoms with van der Waals surface area (Å²) in [5.74, 6) is -0.0987. The van der Waals surface area contributed by atoms with E-state index in [2.05, 4.69) is 11.1 Å². The third-order valence-corrected chi connectivity index (χ3v) is 6.17. The van der Waals surface area contributed by atoms with Gasteiger partial charge in [-0.3, -0.25) is 4.79 Å². The van der Waals surface area contributed by atoms with E-state index in [9.17, 15) is 10.1 Å². The Morgan fingerprint density at radius 2 is 1.93 bits per heavy atom. The zero-order valence-corrected chi connectivity index (χ0v) is 16.1. The maximum absolute atomic E-state index is 13.0. The Kier molecular flexibility index (Phi) is 4.32. The van der Waals surface area contributed by atoms with Crippen LogP contribution in [0.1, 0.15) is 20.8 Å². The third-order valence-electron chi connectivity index (χ3n) is 4.14. The smallest absolute Gasteiger partial charge is 0.205 e. The Balaban J connectivity index is 2.00. The lowest BCUT2D eigenvalue weighted by Crippen LogP contribution is -2.02. The summed E-state index contributed by atoms with van der Waals surface area (Å²) in [5, 5.41) is 14.5. The van der Waals surface area contributed by atoms with Crippen molar-refractivity contribution in [2.24, 2.45) is 0 Å². The van der Waals surface area contributed by atoms with E-state index < -0.39 is 0 Å². The second-order valence-electron chi connectivity index (χ2n) is 5.73. The number of pyridine rings is 1. The van der Waals surface area contributed by atoms with Gasteiger partial charge in [-0.05, 0) is 46.7 Å². The first-order valence-electron chi connectivity index (χ1n) is 7.75. The van der Waals surface area contributed by atoms with Crippen molar-refractivity contribution in [1.82, 2.24) is 4.98 Å². The summed E-state index contributed by atoms with van der Waals surface area (Å²) in [4.78, 5) is 18.2. The van der Waals surface area contributed by atoms with Crippen LogP contribution < -0.4 is 11.5 Å². The number of hydrogen-bond acceptors (Lipinski definition) is 7. The van der Waals surface area contributed by atoms with Crippen LogP contribution in [-0.2, 0) is 0 Å². The molecule has 0 aliphatic carbocycles. The van der Waals surface area contributed by atoms with Crippen molar-refractivity contribution in [3.8, 4) is 17.2 Å². The first-order chi connectivity index (χ1) is 13.0. The van der Waals surface area contributed by atoms with E-state index in [-0.39, 0.29) is 17.2 Å². The molecular weight excluding hydrogens is 400 g/mol. The number of aromatic nitrogens is 1. The summed E-state index contributed by atoms with van der Waals surface area (Å²) < 4.78 is 0. The molecule has 3 aromatic heterocycles. The van der Waals surface area contributed by atoms with Crippen LogP contribution >= 0.6 is 34.3 Å². The molecule has 5 nitrogen and oxygen atoms in total. The van der Waals surface area contributed by atoms with Gasteiger partial charge in [-0.25, -0.2) is 4.98 Å². The van der Waals surface area contributed by atoms with Gasteiger partial charge in [-0.1, -0.05) is 11.6 Å². The Morgan fingerprint density at radius 1 is 1.19 bits per heavy atom. The Hall–Kier alpha value is -2.92. The molecule has 4 rings (SSSR count). The predicted octanol–water partition coefficient (Wildman–Crippen LogP) is 4.95. The molecule has 0 aliphatic heterocycles. The first kappa shape index (κ1) is 17.5. The van der Waals surface area contributed by atoms with Crippen molar-refractivity contribution in [3.63, 3.8) is 0 Å². The molecule has 0 bridgehead atoms. The topological polar surface area (TPSA) is 106 Å². The van der Waals surface area contributed by atoms with Crippen molar-refractivity contribution in [2.75, 3.05) is 11.5 Å². The van der Waals surface area contributed by atoms with Crippen molar-refractivity contribution in [3.05, 3.63) is 62.1 Å². The number of benzene rings is 1. The summed E-state index contributed by atoms with van der Waals surface area (Å²) >= 11 is 8.57. The number of thiophene rings is 2. The number of carbonyl (C=O) groups is 1. The zero-order chi connectivity index (χ0) is 19.1. The van der Waals surface area contributed by atoms with Crippen LogP contribution in [0.5, 0.6) is 0 Å². The third kappa shape index (κ3) is 2.84. The van der Waals surface area contributed by atoms with Crippen LogP contribution in [0.15, 0.2) is 41.1 Å². The molecule has 0 saturated carbocycles. The molecule has 0 fully saturated rings. The number of anilines is 2. The van der Waals surface area contributed by atoms with Crippen molar-refractivity contribution >= 4 is 61.8 Å². The number of nitriles is 1. The number of halogens is 1. The van der Waals surface area contributed by atoms with Gasteiger partial charge in [-0.2, -0.15) is 16.6 Å². The largest absolute Gasteiger partial charge is 0.397 e. The summed E-state index contributed by atoms with van der Waals surface area (Å²) in [6.45, 7) is 0. The standard InChI is InChI=1S/C19H11ClN4OS2/c20-11-3-1-9(2-4-11)16(25)17-15(22)14-13(10-5-6-26-8-10)12(7-21)18(23)24-19(14)27-17/h1-6,8H,22H2,(H2,23,24). The van der Waals surface area contributed by atoms with Crippen LogP contribution in [0.3, 0.4) is 0 Å². The van der Waals surface area contributed by atoms with Crippen molar-refractivity contribution in [2.45, 2.75) is 0 Å². The van der Waals surface area contributed by atoms with Gasteiger partial charge >= 0.3 is 0 Å². The number of nitrogen functional groups attached to an aromatic ring is 2. The summed E-state index contributed by atoms with van der Waals surface area (Å²) in [5.41, 5.74) is 14.8. The molecule has 1 aromatic carbocycles. The maximum Gasteiger partial charge on any atom is 0.205 e. The predicted molar refractivity (Wildman–Crippen MR) is 111 cm³/mol. The Morgan fingerprint density at radius 3 is 2.56 bits per heavy atom. The molecule has 0 atom stereocenters. The fourth-order valence-electron chi connectivity index (χ4n) is 2.88. The lowest BCUT2D eigenvalue weighted by Gasteiger charge is -2.07. The lowest BCUT2D eigenvalue weighted by atomic mass is 9.99. The second kappa shape index (κ2) is 6.67. The van der Waals surface area contributed by atoms with E-state index in [1.54, 1.807) is 24.3 Å².